The minimum Gasteiger partial charge on any atom is -0.349 e. The van der Waals surface area contributed by atoms with Crippen LogP contribution in [0.4, 0.5) is 8.78 Å². The maximum atomic E-state index is 13.5. The molecule has 2 fully saturated rings. The molecule has 1 aliphatic heterocycles. The molecular weight excluding hydrogens is 378 g/mol. The number of rotatable bonds is 4. The fourth-order valence-electron chi connectivity index (χ4n) is 3.81. The highest BCUT2D eigenvalue weighted by Gasteiger charge is 2.73. The topological polar surface area (TPSA) is 78.1 Å². The standard InChI is InChI=1S/C18H19ClF2N4O2/c1-2-11(16(27)25-4-3-17(9-25)8-18(17,20)21)24-15(26)12-5-10-6-14(19)22-7-13(10)23-12/h5-7,11,23H,2-4,8-9H2,1H3,(H,24,26)/t11-,17-/m0/s1. The van der Waals surface area contributed by atoms with Gasteiger partial charge in [-0.3, -0.25) is 9.59 Å². The van der Waals surface area contributed by atoms with Crippen LogP contribution < -0.4 is 5.32 Å². The predicted molar refractivity (Wildman–Crippen MR) is 95.8 cm³/mol. The average molecular weight is 397 g/mol. The van der Waals surface area contributed by atoms with Crippen molar-refractivity contribution in [2.24, 2.45) is 5.41 Å². The summed E-state index contributed by atoms with van der Waals surface area (Å²) < 4.78 is 27.1. The van der Waals surface area contributed by atoms with Crippen LogP contribution >= 0.6 is 11.6 Å². The lowest BCUT2D eigenvalue weighted by Crippen LogP contribution is -2.47. The molecule has 144 valence electrons. The number of H-pyrrole nitrogens is 1. The predicted octanol–water partition coefficient (Wildman–Crippen LogP) is 2.98. The Labute approximate surface area is 159 Å². The monoisotopic (exact) mass is 396 g/mol. The van der Waals surface area contributed by atoms with E-state index in [1.54, 1.807) is 19.1 Å². The lowest BCUT2D eigenvalue weighted by molar-refractivity contribution is -0.132. The summed E-state index contributed by atoms with van der Waals surface area (Å²) in [5.74, 6) is -3.42. The Bertz CT molecular complexity index is 931. The van der Waals surface area contributed by atoms with Crippen molar-refractivity contribution >= 4 is 34.3 Å². The van der Waals surface area contributed by atoms with Crippen molar-refractivity contribution in [3.05, 3.63) is 29.2 Å². The Morgan fingerprint density at radius 3 is 2.81 bits per heavy atom. The van der Waals surface area contributed by atoms with E-state index in [1.807, 2.05) is 0 Å². The lowest BCUT2D eigenvalue weighted by Gasteiger charge is -2.23. The SMILES string of the molecule is CC[C@H](NC(=O)c1cc2cc(Cl)ncc2[nH]1)C(=O)N1CC[C@@]2(C1)CC2(F)F. The molecule has 0 radical (unpaired) electrons. The normalized spacial score (nSPS) is 24.4. The number of likely N-dealkylation sites (tertiary alicyclic amines) is 1. The average Bonchev–Trinajstić information content (AvgIpc) is 3.01. The zero-order valence-corrected chi connectivity index (χ0v) is 15.4. The minimum atomic E-state index is -2.67. The summed E-state index contributed by atoms with van der Waals surface area (Å²) in [5.41, 5.74) is -0.109. The van der Waals surface area contributed by atoms with E-state index < -0.39 is 23.3 Å². The molecule has 1 aliphatic carbocycles. The molecule has 2 atom stereocenters. The Morgan fingerprint density at radius 2 is 2.19 bits per heavy atom. The number of pyridine rings is 1. The first-order chi connectivity index (χ1) is 12.7. The summed E-state index contributed by atoms with van der Waals surface area (Å²) in [4.78, 5) is 33.6. The molecule has 1 spiro atoms. The Kier molecular flexibility index (Phi) is 4.14. The van der Waals surface area contributed by atoms with Gasteiger partial charge in [0.25, 0.3) is 11.8 Å². The highest BCUT2D eigenvalue weighted by molar-refractivity contribution is 6.30. The van der Waals surface area contributed by atoms with Crippen LogP contribution in [0, 0.1) is 5.41 Å². The summed E-state index contributed by atoms with van der Waals surface area (Å²) in [7, 11) is 0. The number of hydrogen-bond acceptors (Lipinski definition) is 3. The lowest BCUT2D eigenvalue weighted by atomic mass is 10.1. The van der Waals surface area contributed by atoms with E-state index in [2.05, 4.69) is 15.3 Å². The maximum Gasteiger partial charge on any atom is 0.268 e. The number of aromatic amines is 1. The maximum absolute atomic E-state index is 13.5. The largest absolute Gasteiger partial charge is 0.349 e. The third-order valence-electron chi connectivity index (χ3n) is 5.60. The molecule has 3 heterocycles. The van der Waals surface area contributed by atoms with Gasteiger partial charge in [-0.1, -0.05) is 18.5 Å². The minimum absolute atomic E-state index is 0.0573. The molecule has 27 heavy (non-hydrogen) atoms. The van der Waals surface area contributed by atoms with Crippen LogP contribution in [0.3, 0.4) is 0 Å². The molecule has 6 nitrogen and oxygen atoms in total. The number of carbonyl (C=O) groups is 2. The number of amides is 2. The first-order valence-electron chi connectivity index (χ1n) is 8.86. The van der Waals surface area contributed by atoms with Gasteiger partial charge in [0.2, 0.25) is 5.91 Å². The summed E-state index contributed by atoms with van der Waals surface area (Å²) in [6.45, 7) is 2.13. The van der Waals surface area contributed by atoms with Crippen molar-refractivity contribution < 1.29 is 18.4 Å². The van der Waals surface area contributed by atoms with Gasteiger partial charge in [-0.25, -0.2) is 13.8 Å². The molecule has 1 saturated heterocycles. The van der Waals surface area contributed by atoms with Crippen LogP contribution in [-0.4, -0.2) is 51.7 Å². The zero-order chi connectivity index (χ0) is 19.4. The number of fused-ring (bicyclic) bond motifs is 1. The summed E-state index contributed by atoms with van der Waals surface area (Å²) in [6, 6.07) is 2.50. The van der Waals surface area contributed by atoms with Gasteiger partial charge in [-0.2, -0.15) is 0 Å². The molecule has 2 aromatic heterocycles. The van der Waals surface area contributed by atoms with E-state index in [4.69, 9.17) is 11.6 Å². The number of carbonyl (C=O) groups excluding carboxylic acids is 2. The van der Waals surface area contributed by atoms with Crippen LogP contribution in [0.1, 0.15) is 36.7 Å². The molecule has 2 aromatic rings. The molecule has 2 N–H and O–H groups in total. The third-order valence-corrected chi connectivity index (χ3v) is 5.81. The number of aromatic nitrogens is 2. The highest BCUT2D eigenvalue weighted by Crippen LogP contribution is 2.65. The fraction of sp³-hybridized carbons (Fsp3) is 0.500. The number of hydrogen-bond donors (Lipinski definition) is 2. The zero-order valence-electron chi connectivity index (χ0n) is 14.7. The second-order valence-corrected chi connectivity index (χ2v) is 7.77. The van der Waals surface area contributed by atoms with Crippen LogP contribution in [0.2, 0.25) is 5.15 Å². The van der Waals surface area contributed by atoms with Gasteiger partial charge in [-0.05, 0) is 25.0 Å². The fourth-order valence-corrected chi connectivity index (χ4v) is 3.97. The summed E-state index contributed by atoms with van der Waals surface area (Å²) in [5, 5.41) is 3.75. The van der Waals surface area contributed by atoms with Crippen LogP contribution in [0.5, 0.6) is 0 Å². The molecule has 0 unspecified atom stereocenters. The summed E-state index contributed by atoms with van der Waals surface area (Å²) in [6.07, 6.45) is 2.05. The van der Waals surface area contributed by atoms with Crippen molar-refractivity contribution in [3.8, 4) is 0 Å². The van der Waals surface area contributed by atoms with E-state index in [0.717, 1.165) is 5.39 Å². The van der Waals surface area contributed by atoms with Crippen molar-refractivity contribution in [2.75, 3.05) is 13.1 Å². The Balaban J connectivity index is 1.45. The molecule has 2 aliphatic rings. The number of alkyl halides is 2. The summed E-state index contributed by atoms with van der Waals surface area (Å²) >= 11 is 5.85. The van der Waals surface area contributed by atoms with Gasteiger partial charge in [0.15, 0.2) is 0 Å². The number of nitrogens with one attached hydrogen (secondary N) is 2. The van der Waals surface area contributed by atoms with Gasteiger partial charge < -0.3 is 15.2 Å². The van der Waals surface area contributed by atoms with Crippen LogP contribution in [-0.2, 0) is 4.79 Å². The molecule has 0 aromatic carbocycles. The smallest absolute Gasteiger partial charge is 0.268 e. The molecule has 4 rings (SSSR count). The van der Waals surface area contributed by atoms with Crippen molar-refractivity contribution in [1.29, 1.82) is 0 Å². The van der Waals surface area contributed by atoms with Gasteiger partial charge in [0, 0.05) is 24.9 Å². The van der Waals surface area contributed by atoms with E-state index in [-0.39, 0.29) is 24.6 Å². The number of nitrogens with zero attached hydrogens (tertiary/aromatic N) is 2. The molecular formula is C18H19ClF2N4O2. The van der Waals surface area contributed by atoms with Gasteiger partial charge in [0.1, 0.15) is 16.9 Å². The first-order valence-corrected chi connectivity index (χ1v) is 9.24. The second-order valence-electron chi connectivity index (χ2n) is 7.38. The van der Waals surface area contributed by atoms with Crippen molar-refractivity contribution in [1.82, 2.24) is 20.2 Å². The van der Waals surface area contributed by atoms with E-state index in [9.17, 15) is 18.4 Å². The van der Waals surface area contributed by atoms with E-state index >= 15 is 0 Å². The van der Waals surface area contributed by atoms with Gasteiger partial charge in [0.05, 0.1) is 17.1 Å². The van der Waals surface area contributed by atoms with Gasteiger partial charge in [-0.15, -0.1) is 0 Å². The quantitative estimate of drug-likeness (QED) is 0.780. The Morgan fingerprint density at radius 1 is 1.44 bits per heavy atom. The highest BCUT2D eigenvalue weighted by atomic mass is 35.5. The van der Waals surface area contributed by atoms with Crippen LogP contribution in [0.15, 0.2) is 18.3 Å². The molecule has 0 bridgehead atoms. The van der Waals surface area contributed by atoms with Crippen LogP contribution in [0.25, 0.3) is 10.9 Å². The molecule has 2 amide bonds. The second kappa shape index (κ2) is 6.15. The molecule has 9 heteroatoms. The van der Waals surface area contributed by atoms with E-state index in [1.165, 1.54) is 11.1 Å². The van der Waals surface area contributed by atoms with Gasteiger partial charge >= 0.3 is 0 Å². The van der Waals surface area contributed by atoms with Crippen molar-refractivity contribution in [3.63, 3.8) is 0 Å². The third kappa shape index (κ3) is 3.05. The van der Waals surface area contributed by atoms with E-state index in [0.29, 0.717) is 30.1 Å². The number of halogens is 3. The molecule has 1 saturated carbocycles. The Hall–Kier alpha value is -2.22. The van der Waals surface area contributed by atoms with Crippen molar-refractivity contribution in [2.45, 2.75) is 38.2 Å². The first kappa shape index (κ1) is 18.2.